The number of aliphatic carboxylic acids is 1. The first-order valence-electron chi connectivity index (χ1n) is 2.29. The van der Waals surface area contributed by atoms with Crippen LogP contribution in [0.15, 0.2) is 12.2 Å². The lowest BCUT2D eigenvalue weighted by molar-refractivity contribution is -0.132. The molecule has 0 rings (SSSR count). The van der Waals surface area contributed by atoms with Gasteiger partial charge in [-0.05, 0) is 13.0 Å². The maximum Gasteiger partial charge on any atom is 0.330 e. The molecule has 0 radical (unpaired) electrons. The molecule has 0 heterocycles. The first-order valence-corrected chi connectivity index (χ1v) is 2.29. The summed E-state index contributed by atoms with van der Waals surface area (Å²) in [4.78, 5) is 9.93. The molecular weight excluding hydrogens is 142 g/mol. The highest BCUT2D eigenvalue weighted by Gasteiger charge is 1.99. The van der Waals surface area contributed by atoms with Crippen LogP contribution in [0.25, 0.3) is 0 Å². The van der Waals surface area contributed by atoms with Crippen LogP contribution >= 0.6 is 12.4 Å². The Balaban J connectivity index is 0. The average Bonchev–Trinajstić information content (AvgIpc) is 1.67. The molecule has 0 aliphatic heterocycles. The maximum atomic E-state index is 9.93. The van der Waals surface area contributed by atoms with E-state index in [9.17, 15) is 4.79 Å². The second-order valence-electron chi connectivity index (χ2n) is 1.45. The zero-order valence-corrected chi connectivity index (χ0v) is 5.78. The Morgan fingerprint density at radius 3 is 2.22 bits per heavy atom. The zero-order valence-electron chi connectivity index (χ0n) is 4.96. The van der Waals surface area contributed by atoms with E-state index in [0.29, 0.717) is 13.0 Å². The van der Waals surface area contributed by atoms with Crippen molar-refractivity contribution < 1.29 is 9.90 Å². The molecule has 54 valence electrons. The lowest BCUT2D eigenvalue weighted by Gasteiger charge is -1.92. The summed E-state index contributed by atoms with van der Waals surface area (Å²) in [5.41, 5.74) is 5.22. The second kappa shape index (κ2) is 5.59. The SMILES string of the molecule is C=C(CCN)C(=O)O.Cl. The van der Waals surface area contributed by atoms with Crippen molar-refractivity contribution in [1.29, 1.82) is 0 Å². The number of carbonyl (C=O) groups is 1. The quantitative estimate of drug-likeness (QED) is 0.574. The van der Waals surface area contributed by atoms with Gasteiger partial charge in [0.15, 0.2) is 0 Å². The van der Waals surface area contributed by atoms with Crippen molar-refractivity contribution in [2.24, 2.45) is 5.73 Å². The molecule has 0 aliphatic rings. The van der Waals surface area contributed by atoms with Crippen LogP contribution in [-0.2, 0) is 4.79 Å². The van der Waals surface area contributed by atoms with Gasteiger partial charge >= 0.3 is 5.97 Å². The van der Waals surface area contributed by atoms with Crippen LogP contribution in [0.5, 0.6) is 0 Å². The number of rotatable bonds is 3. The molecule has 0 aromatic heterocycles. The van der Waals surface area contributed by atoms with E-state index in [1.165, 1.54) is 0 Å². The summed E-state index contributed by atoms with van der Waals surface area (Å²) in [6, 6.07) is 0. The minimum Gasteiger partial charge on any atom is -0.478 e. The highest BCUT2D eigenvalue weighted by Crippen LogP contribution is 1.93. The Kier molecular flexibility index (Phi) is 7.01. The molecule has 3 N–H and O–H groups in total. The van der Waals surface area contributed by atoms with Gasteiger partial charge in [-0.1, -0.05) is 6.58 Å². The van der Waals surface area contributed by atoms with Crippen molar-refractivity contribution in [2.75, 3.05) is 6.54 Å². The van der Waals surface area contributed by atoms with Crippen LogP contribution in [0.3, 0.4) is 0 Å². The normalized spacial score (nSPS) is 7.67. The summed E-state index contributed by atoms with van der Waals surface area (Å²) in [6.07, 6.45) is 0.370. The molecule has 0 amide bonds. The van der Waals surface area contributed by atoms with Gasteiger partial charge in [-0.2, -0.15) is 0 Å². The van der Waals surface area contributed by atoms with E-state index < -0.39 is 5.97 Å². The molecule has 3 nitrogen and oxygen atoms in total. The van der Waals surface area contributed by atoms with E-state index in [4.69, 9.17) is 10.8 Å². The zero-order chi connectivity index (χ0) is 6.57. The minimum absolute atomic E-state index is 0. The molecule has 0 aromatic carbocycles. The van der Waals surface area contributed by atoms with E-state index in [1.54, 1.807) is 0 Å². The number of nitrogens with two attached hydrogens (primary N) is 1. The van der Waals surface area contributed by atoms with Gasteiger partial charge in [0, 0.05) is 5.57 Å². The Bertz CT molecular complexity index is 114. The summed E-state index contributed by atoms with van der Waals surface area (Å²) in [5.74, 6) is -0.963. The van der Waals surface area contributed by atoms with Crippen molar-refractivity contribution in [3.63, 3.8) is 0 Å². The minimum atomic E-state index is -0.963. The summed E-state index contributed by atoms with van der Waals surface area (Å²) in [6.45, 7) is 3.62. The number of halogens is 1. The van der Waals surface area contributed by atoms with Crippen molar-refractivity contribution in [2.45, 2.75) is 6.42 Å². The second-order valence-corrected chi connectivity index (χ2v) is 1.45. The average molecular weight is 152 g/mol. The molecule has 0 aliphatic carbocycles. The fourth-order valence-corrected chi connectivity index (χ4v) is 0.281. The van der Waals surface area contributed by atoms with Crippen LogP contribution in [0, 0.1) is 0 Å². The Morgan fingerprint density at radius 2 is 2.11 bits per heavy atom. The molecule has 9 heavy (non-hydrogen) atoms. The van der Waals surface area contributed by atoms with E-state index in [2.05, 4.69) is 6.58 Å². The van der Waals surface area contributed by atoms with Gasteiger partial charge in [0.05, 0.1) is 0 Å². The largest absolute Gasteiger partial charge is 0.478 e. The molecule has 0 saturated carbocycles. The van der Waals surface area contributed by atoms with Gasteiger partial charge in [0.2, 0.25) is 0 Å². The highest BCUT2D eigenvalue weighted by atomic mass is 35.5. The standard InChI is InChI=1S/C5H9NO2.ClH/c1-4(2-3-6)5(7)8;/h1-3,6H2,(H,7,8);1H. The van der Waals surface area contributed by atoms with Crippen LogP contribution in [-0.4, -0.2) is 17.6 Å². The number of carboxylic acid groups (broad SMARTS) is 1. The fraction of sp³-hybridized carbons (Fsp3) is 0.400. The molecular formula is C5H10ClNO2. The summed E-state index contributed by atoms with van der Waals surface area (Å²) < 4.78 is 0. The van der Waals surface area contributed by atoms with Crippen molar-refractivity contribution in [3.05, 3.63) is 12.2 Å². The van der Waals surface area contributed by atoms with Crippen molar-refractivity contribution in [3.8, 4) is 0 Å². The van der Waals surface area contributed by atoms with E-state index >= 15 is 0 Å². The predicted molar refractivity (Wildman–Crippen MR) is 37.7 cm³/mol. The van der Waals surface area contributed by atoms with E-state index in [-0.39, 0.29) is 18.0 Å². The van der Waals surface area contributed by atoms with Crippen LogP contribution in [0.1, 0.15) is 6.42 Å². The smallest absolute Gasteiger partial charge is 0.330 e. The number of hydrogen-bond acceptors (Lipinski definition) is 2. The number of carboxylic acids is 1. The Labute approximate surface area is 60.0 Å². The molecule has 0 bridgehead atoms. The Morgan fingerprint density at radius 1 is 1.67 bits per heavy atom. The highest BCUT2D eigenvalue weighted by molar-refractivity contribution is 5.85. The van der Waals surface area contributed by atoms with Gasteiger partial charge < -0.3 is 10.8 Å². The molecule has 0 aromatic rings. The third kappa shape index (κ3) is 5.33. The van der Waals surface area contributed by atoms with Crippen LogP contribution < -0.4 is 5.73 Å². The van der Waals surface area contributed by atoms with Crippen LogP contribution in [0.2, 0.25) is 0 Å². The molecule has 0 saturated heterocycles. The van der Waals surface area contributed by atoms with Crippen molar-refractivity contribution in [1.82, 2.24) is 0 Å². The third-order valence-corrected chi connectivity index (χ3v) is 0.749. The maximum absolute atomic E-state index is 9.93. The molecule has 0 spiro atoms. The van der Waals surface area contributed by atoms with Gasteiger partial charge in [0.1, 0.15) is 0 Å². The summed E-state index contributed by atoms with van der Waals surface area (Å²) >= 11 is 0. The number of hydrogen-bond donors (Lipinski definition) is 2. The topological polar surface area (TPSA) is 63.3 Å². The van der Waals surface area contributed by atoms with Gasteiger partial charge in [0.25, 0.3) is 0 Å². The van der Waals surface area contributed by atoms with E-state index in [0.717, 1.165) is 0 Å². The van der Waals surface area contributed by atoms with Gasteiger partial charge in [-0.15, -0.1) is 12.4 Å². The Hall–Kier alpha value is -0.540. The first-order chi connectivity index (χ1) is 3.68. The van der Waals surface area contributed by atoms with Gasteiger partial charge in [-0.25, -0.2) is 4.79 Å². The lowest BCUT2D eigenvalue weighted by Crippen LogP contribution is -2.06. The van der Waals surface area contributed by atoms with Gasteiger partial charge in [-0.3, -0.25) is 0 Å². The molecule has 0 fully saturated rings. The van der Waals surface area contributed by atoms with Crippen molar-refractivity contribution >= 4 is 18.4 Å². The van der Waals surface area contributed by atoms with E-state index in [1.807, 2.05) is 0 Å². The fourth-order valence-electron chi connectivity index (χ4n) is 0.281. The monoisotopic (exact) mass is 151 g/mol. The molecule has 4 heteroatoms. The summed E-state index contributed by atoms with van der Waals surface area (Å²) in [7, 11) is 0. The first kappa shape index (κ1) is 11.3. The molecule has 0 unspecified atom stereocenters. The molecule has 0 atom stereocenters. The lowest BCUT2D eigenvalue weighted by atomic mass is 10.2. The predicted octanol–water partition coefficient (Wildman–Crippen LogP) is 0.398. The third-order valence-electron chi connectivity index (χ3n) is 0.749. The summed E-state index contributed by atoms with van der Waals surface area (Å²) in [5, 5.41) is 8.16. The van der Waals surface area contributed by atoms with Crippen LogP contribution in [0.4, 0.5) is 0 Å².